The Morgan fingerprint density at radius 3 is 0.683 bits per heavy atom. The van der Waals surface area contributed by atoms with Crippen LogP contribution < -0.4 is 0 Å². The van der Waals surface area contributed by atoms with Gasteiger partial charge >= 0.3 is 33.6 Å². The Kier molecular flexibility index (Phi) is 92.0. The van der Waals surface area contributed by atoms with Crippen molar-refractivity contribution >= 4 is 33.6 Å². The standard InChI is InChI=1S/C105H180O16P2/c1-4-7-10-13-16-19-22-25-28-31-34-37-40-43-46-48-49-51-54-55-58-61-64-67-70-73-76-79-82-85-88-91-103(108)115-94-100(106)95-117-122(111,112)118-96-101(107)97-119-123(113,114)120-99-102(121-105(110)93-90-87-84-81-78-75-72-69-66-63-60-57-52-45-42-39-36-33-30-27-24-21-18-15-12-9-6-3)98-116-104(109)92-89-86-83-80-77-74-71-68-65-62-59-56-53-50-47-44-41-38-35-32-29-26-23-20-17-14-11-8-5-2/h7,10,16-21,25-30,34-39,43-47,49,51-52,100-102,106-107H,4-6,8-9,11-15,22-24,31-33,40-42,48,50,53-99H2,1-3H3,(H,111,112)(H,113,114)/b10-7-,19-16-,20-17-,21-18-,28-25-,29-26-,30-27-,37-34-,38-35-,39-36-,46-43-,47-44-,51-49-,52-45-. The third kappa shape index (κ3) is 97.4. The Morgan fingerprint density at radius 1 is 0.236 bits per heavy atom. The fourth-order valence-electron chi connectivity index (χ4n) is 13.4. The molecule has 706 valence electrons. The van der Waals surface area contributed by atoms with Crippen molar-refractivity contribution in [2.24, 2.45) is 0 Å². The molecule has 0 saturated heterocycles. The smallest absolute Gasteiger partial charge is 0.463 e. The number of ether oxygens (including phenoxy) is 3. The normalized spacial score (nSPS) is 14.4. The number of rotatable bonds is 93. The van der Waals surface area contributed by atoms with Gasteiger partial charge in [0.1, 0.15) is 25.4 Å². The summed E-state index contributed by atoms with van der Waals surface area (Å²) in [5.41, 5.74) is 0. The fourth-order valence-corrected chi connectivity index (χ4v) is 15.0. The van der Waals surface area contributed by atoms with E-state index in [2.05, 4.69) is 191 Å². The van der Waals surface area contributed by atoms with Gasteiger partial charge in [-0.2, -0.15) is 0 Å². The van der Waals surface area contributed by atoms with Crippen LogP contribution in [0.25, 0.3) is 0 Å². The molecule has 5 atom stereocenters. The third-order valence-corrected chi connectivity index (χ3v) is 22.8. The van der Waals surface area contributed by atoms with E-state index in [4.69, 9.17) is 32.3 Å². The van der Waals surface area contributed by atoms with Crippen molar-refractivity contribution in [2.45, 2.75) is 437 Å². The SMILES string of the molecule is CC/C=C\C/C=C\C/C=C\C/C=C\C/C=C\C/C=C\CCCCCCCCCCCCCCC(=O)OCC(O)COP(=O)(O)OCC(O)COP(=O)(O)OCC(COC(=O)CCCCCCCCCCCCCCC/C=C\C/C=C\C/C=C\C/C=C\CCCCC)OC(=O)CCCCCCCCCCCCC/C=C\C/C=C\C/C=C\C/C=C\CCCCC. The summed E-state index contributed by atoms with van der Waals surface area (Å²) in [7, 11) is -9.82. The predicted molar refractivity (Wildman–Crippen MR) is 519 cm³/mol. The zero-order valence-corrected chi connectivity index (χ0v) is 79.9. The molecule has 0 aromatic heterocycles. The van der Waals surface area contributed by atoms with E-state index in [1.54, 1.807) is 0 Å². The molecule has 0 bridgehead atoms. The lowest BCUT2D eigenvalue weighted by Crippen LogP contribution is -2.30. The first-order valence-corrected chi connectivity index (χ1v) is 52.4. The van der Waals surface area contributed by atoms with E-state index in [-0.39, 0.29) is 19.3 Å². The molecule has 123 heavy (non-hydrogen) atoms. The Morgan fingerprint density at radius 2 is 0.431 bits per heavy atom. The van der Waals surface area contributed by atoms with Crippen LogP contribution in [0.3, 0.4) is 0 Å². The molecule has 0 aliphatic heterocycles. The lowest BCUT2D eigenvalue weighted by molar-refractivity contribution is -0.161. The summed E-state index contributed by atoms with van der Waals surface area (Å²) in [6.07, 6.45) is 125. The first-order chi connectivity index (χ1) is 60.2. The van der Waals surface area contributed by atoms with Crippen molar-refractivity contribution in [3.8, 4) is 0 Å². The molecule has 18 heteroatoms. The summed E-state index contributed by atoms with van der Waals surface area (Å²) in [4.78, 5) is 59.2. The minimum Gasteiger partial charge on any atom is -0.463 e. The van der Waals surface area contributed by atoms with Gasteiger partial charge < -0.3 is 34.2 Å². The number of hydrogen-bond acceptors (Lipinski definition) is 14. The van der Waals surface area contributed by atoms with Crippen LogP contribution in [0.1, 0.15) is 419 Å². The van der Waals surface area contributed by atoms with Crippen molar-refractivity contribution in [2.75, 3.05) is 39.6 Å². The highest BCUT2D eigenvalue weighted by Crippen LogP contribution is 2.45. The largest absolute Gasteiger partial charge is 0.472 e. The van der Waals surface area contributed by atoms with Gasteiger partial charge in [0.25, 0.3) is 0 Å². The van der Waals surface area contributed by atoms with Crippen LogP contribution in [-0.2, 0) is 55.8 Å². The van der Waals surface area contributed by atoms with Gasteiger partial charge in [-0.05, 0) is 161 Å². The lowest BCUT2D eigenvalue weighted by Gasteiger charge is -2.21. The maximum atomic E-state index is 13.1. The maximum absolute atomic E-state index is 13.1. The van der Waals surface area contributed by atoms with Crippen LogP contribution in [0, 0.1) is 0 Å². The van der Waals surface area contributed by atoms with Crippen molar-refractivity contribution < 1.29 is 75.8 Å². The molecule has 4 N–H and O–H groups in total. The average Bonchev–Trinajstić information content (AvgIpc) is 0.891. The number of aliphatic hydroxyl groups is 2. The van der Waals surface area contributed by atoms with E-state index in [9.17, 15) is 43.5 Å². The average molecular weight is 1760 g/mol. The van der Waals surface area contributed by atoms with Gasteiger partial charge in [-0.15, -0.1) is 0 Å². The molecule has 16 nitrogen and oxygen atoms in total. The van der Waals surface area contributed by atoms with Crippen LogP contribution >= 0.6 is 15.6 Å². The zero-order valence-electron chi connectivity index (χ0n) is 78.1. The van der Waals surface area contributed by atoms with Gasteiger partial charge in [0.15, 0.2) is 6.10 Å². The van der Waals surface area contributed by atoms with E-state index in [0.717, 1.165) is 167 Å². The first-order valence-electron chi connectivity index (χ1n) is 49.4. The van der Waals surface area contributed by atoms with Gasteiger partial charge in [-0.25, -0.2) is 9.13 Å². The second-order valence-corrected chi connectivity index (χ2v) is 35.7. The molecule has 0 radical (unpaired) electrons. The molecule has 0 saturated carbocycles. The summed E-state index contributed by atoms with van der Waals surface area (Å²) < 4.78 is 61.6. The highest BCUT2D eigenvalue weighted by atomic mass is 31.2. The molecular formula is C105H180O16P2. The summed E-state index contributed by atoms with van der Waals surface area (Å²) in [5, 5.41) is 20.8. The number of carbonyl (C=O) groups is 3. The molecule has 0 spiro atoms. The van der Waals surface area contributed by atoms with E-state index < -0.39 is 91.5 Å². The summed E-state index contributed by atoms with van der Waals surface area (Å²) in [5.74, 6) is -1.57. The van der Waals surface area contributed by atoms with Gasteiger partial charge in [-0.1, -0.05) is 409 Å². The number of esters is 3. The van der Waals surface area contributed by atoms with Gasteiger partial charge in [0, 0.05) is 19.3 Å². The van der Waals surface area contributed by atoms with Gasteiger partial charge in [0.05, 0.1) is 26.4 Å². The molecule has 5 unspecified atom stereocenters. The highest BCUT2D eigenvalue weighted by Gasteiger charge is 2.30. The second-order valence-electron chi connectivity index (χ2n) is 32.8. The van der Waals surface area contributed by atoms with Crippen molar-refractivity contribution in [3.05, 3.63) is 170 Å². The molecular weight excluding hydrogens is 1580 g/mol. The van der Waals surface area contributed by atoms with Crippen molar-refractivity contribution in [3.63, 3.8) is 0 Å². The summed E-state index contributed by atoms with van der Waals surface area (Å²) in [6, 6.07) is 0. The van der Waals surface area contributed by atoms with Crippen LogP contribution in [0.15, 0.2) is 170 Å². The lowest BCUT2D eigenvalue weighted by atomic mass is 10.0. The first kappa shape index (κ1) is 118. The van der Waals surface area contributed by atoms with E-state index in [0.29, 0.717) is 19.3 Å². The van der Waals surface area contributed by atoms with Crippen molar-refractivity contribution in [1.82, 2.24) is 0 Å². The molecule has 0 aromatic carbocycles. The Bertz CT molecular complexity index is 2920. The molecule has 0 aromatic rings. The fraction of sp³-hybridized carbons (Fsp3) is 0.705. The quantitative estimate of drug-likeness (QED) is 0.0146. The van der Waals surface area contributed by atoms with Crippen LogP contribution in [0.4, 0.5) is 0 Å². The number of aliphatic hydroxyl groups excluding tert-OH is 2. The summed E-state index contributed by atoms with van der Waals surface area (Å²) >= 11 is 0. The number of hydrogen-bond donors (Lipinski definition) is 4. The Labute approximate surface area is 752 Å². The van der Waals surface area contributed by atoms with Crippen LogP contribution in [0.2, 0.25) is 0 Å². The Hall–Kier alpha value is -5.09. The number of phosphoric acid groups is 2. The van der Waals surface area contributed by atoms with Crippen molar-refractivity contribution in [1.29, 1.82) is 0 Å². The maximum Gasteiger partial charge on any atom is 0.472 e. The minimum atomic E-state index is -4.95. The van der Waals surface area contributed by atoms with Gasteiger partial charge in [-0.3, -0.25) is 32.5 Å². The van der Waals surface area contributed by atoms with Gasteiger partial charge in [0.2, 0.25) is 0 Å². The van der Waals surface area contributed by atoms with E-state index in [1.807, 2.05) is 0 Å². The van der Waals surface area contributed by atoms with E-state index in [1.165, 1.54) is 193 Å². The minimum absolute atomic E-state index is 0.0975. The number of allylic oxidation sites excluding steroid dienone is 28. The molecule has 0 amide bonds. The Balaban J connectivity index is 4.64. The number of carbonyl (C=O) groups excluding carboxylic acids is 3. The van der Waals surface area contributed by atoms with E-state index >= 15 is 0 Å². The number of unbranched alkanes of at least 4 members (excludes halogenated alkanes) is 42. The van der Waals surface area contributed by atoms with Crippen LogP contribution in [0.5, 0.6) is 0 Å². The predicted octanol–water partition coefficient (Wildman–Crippen LogP) is 31.0. The molecule has 0 rings (SSSR count). The topological polar surface area (TPSA) is 231 Å². The molecule has 0 fully saturated rings. The highest BCUT2D eigenvalue weighted by molar-refractivity contribution is 7.47. The molecule has 0 aliphatic rings. The second kappa shape index (κ2) is 96.0. The molecule has 0 heterocycles. The van der Waals surface area contributed by atoms with Crippen LogP contribution in [-0.4, -0.2) is 95.9 Å². The monoisotopic (exact) mass is 1760 g/mol. The molecule has 0 aliphatic carbocycles. The zero-order chi connectivity index (χ0) is 89.3. The summed E-state index contributed by atoms with van der Waals surface area (Å²) in [6.45, 7) is 2.57. The third-order valence-electron chi connectivity index (χ3n) is 20.9. The number of phosphoric ester groups is 2.